The van der Waals surface area contributed by atoms with Gasteiger partial charge in [-0.2, -0.15) is 0 Å². The lowest BCUT2D eigenvalue weighted by Gasteiger charge is -2.26. The van der Waals surface area contributed by atoms with Gasteiger partial charge in [-0.1, -0.05) is 6.07 Å². The summed E-state index contributed by atoms with van der Waals surface area (Å²) in [6, 6.07) is 5.00. The molecule has 1 heterocycles. The summed E-state index contributed by atoms with van der Waals surface area (Å²) in [5.41, 5.74) is -0.244. The van der Waals surface area contributed by atoms with Crippen molar-refractivity contribution < 1.29 is 18.1 Å². The first-order chi connectivity index (χ1) is 9.99. The van der Waals surface area contributed by atoms with Crippen molar-refractivity contribution in [2.24, 2.45) is 0 Å². The molecule has 2 rings (SSSR count). The molecule has 124 valence electrons. The highest BCUT2D eigenvalue weighted by molar-refractivity contribution is 7.89. The maximum Gasteiger partial charge on any atom is 0.270 e. The Morgan fingerprint density at radius 1 is 1.32 bits per heavy atom. The molecule has 0 bridgehead atoms. The number of halogens is 1. The van der Waals surface area contributed by atoms with E-state index in [1.807, 2.05) is 0 Å². The summed E-state index contributed by atoms with van der Waals surface area (Å²) in [6.45, 7) is 3.69. The number of hydrogen-bond donors (Lipinski definition) is 1. The standard InChI is InChI=1S/C12H17N3O5S.ClH/c16-15(17)11-2-1-3-12(10-11)21(18,19)13-4-5-14-6-8-20-9-7-14;/h1-3,10,13H,4-9H2;1H. The number of non-ortho nitro benzene ring substituents is 1. The number of hydrogen-bond acceptors (Lipinski definition) is 6. The molecule has 1 aromatic carbocycles. The van der Waals surface area contributed by atoms with Gasteiger partial charge in [0.25, 0.3) is 5.69 Å². The Balaban J connectivity index is 0.00000242. The summed E-state index contributed by atoms with van der Waals surface area (Å²) in [7, 11) is -3.73. The van der Waals surface area contributed by atoms with Crippen LogP contribution in [0.5, 0.6) is 0 Å². The molecule has 0 saturated carbocycles. The van der Waals surface area contributed by atoms with Crippen LogP contribution in [0.15, 0.2) is 29.2 Å². The summed E-state index contributed by atoms with van der Waals surface area (Å²) in [5.74, 6) is 0. The third-order valence-corrected chi connectivity index (χ3v) is 4.62. The maximum absolute atomic E-state index is 12.1. The maximum atomic E-state index is 12.1. The van der Waals surface area contributed by atoms with Crippen LogP contribution in [0.1, 0.15) is 0 Å². The second kappa shape index (κ2) is 8.39. The molecule has 22 heavy (non-hydrogen) atoms. The molecule has 1 fully saturated rings. The molecule has 0 radical (unpaired) electrons. The SMILES string of the molecule is Cl.O=[N+]([O-])c1cccc(S(=O)(=O)NCCN2CCOCC2)c1. The van der Waals surface area contributed by atoms with Gasteiger partial charge in [0.05, 0.1) is 23.0 Å². The predicted octanol–water partition coefficient (Wildman–Crippen LogP) is 0.627. The molecule has 0 unspecified atom stereocenters. The van der Waals surface area contributed by atoms with E-state index in [-0.39, 0.29) is 29.5 Å². The molecular formula is C12H18ClN3O5S. The molecule has 10 heteroatoms. The Kier molecular flexibility index (Phi) is 7.17. The van der Waals surface area contributed by atoms with Crippen molar-refractivity contribution >= 4 is 28.1 Å². The van der Waals surface area contributed by atoms with Crippen molar-refractivity contribution in [3.8, 4) is 0 Å². The van der Waals surface area contributed by atoms with E-state index in [9.17, 15) is 18.5 Å². The molecule has 0 aliphatic carbocycles. The zero-order valence-corrected chi connectivity index (χ0v) is 13.4. The number of benzene rings is 1. The quantitative estimate of drug-likeness (QED) is 0.595. The van der Waals surface area contributed by atoms with E-state index in [1.54, 1.807) is 0 Å². The van der Waals surface area contributed by atoms with Gasteiger partial charge in [-0.05, 0) is 6.07 Å². The molecule has 0 atom stereocenters. The number of nitrogens with one attached hydrogen (secondary N) is 1. The predicted molar refractivity (Wildman–Crippen MR) is 82.8 cm³/mol. The minimum Gasteiger partial charge on any atom is -0.379 e. The first kappa shape index (κ1) is 18.8. The summed E-state index contributed by atoms with van der Waals surface area (Å²) < 4.78 is 31.8. The van der Waals surface area contributed by atoms with Gasteiger partial charge in [0, 0.05) is 38.3 Å². The van der Waals surface area contributed by atoms with Gasteiger partial charge in [-0.3, -0.25) is 15.0 Å². The molecular weight excluding hydrogens is 334 g/mol. The Labute approximate surface area is 135 Å². The minimum absolute atomic E-state index is 0. The van der Waals surface area contributed by atoms with E-state index in [4.69, 9.17) is 4.74 Å². The fourth-order valence-electron chi connectivity index (χ4n) is 2.01. The molecule has 8 nitrogen and oxygen atoms in total. The number of nitrogens with zero attached hydrogens (tertiary/aromatic N) is 2. The largest absolute Gasteiger partial charge is 0.379 e. The van der Waals surface area contributed by atoms with Crippen molar-refractivity contribution in [1.82, 2.24) is 9.62 Å². The monoisotopic (exact) mass is 351 g/mol. The highest BCUT2D eigenvalue weighted by Crippen LogP contribution is 2.16. The lowest BCUT2D eigenvalue weighted by molar-refractivity contribution is -0.385. The van der Waals surface area contributed by atoms with Gasteiger partial charge >= 0.3 is 0 Å². The van der Waals surface area contributed by atoms with Gasteiger partial charge in [0.15, 0.2) is 0 Å². The number of sulfonamides is 1. The van der Waals surface area contributed by atoms with E-state index < -0.39 is 14.9 Å². The van der Waals surface area contributed by atoms with Crippen LogP contribution in [-0.4, -0.2) is 57.6 Å². The molecule has 0 aromatic heterocycles. The number of morpholine rings is 1. The van der Waals surface area contributed by atoms with E-state index in [0.29, 0.717) is 19.8 Å². The molecule has 0 amide bonds. The van der Waals surface area contributed by atoms with Gasteiger partial charge in [-0.15, -0.1) is 12.4 Å². The van der Waals surface area contributed by atoms with Crippen LogP contribution in [0.25, 0.3) is 0 Å². The minimum atomic E-state index is -3.73. The number of ether oxygens (including phenoxy) is 1. The Hall–Kier alpha value is -1.26. The lowest BCUT2D eigenvalue weighted by Crippen LogP contribution is -2.41. The topological polar surface area (TPSA) is 102 Å². The zero-order chi connectivity index (χ0) is 15.3. The highest BCUT2D eigenvalue weighted by Gasteiger charge is 2.18. The van der Waals surface area contributed by atoms with Crippen LogP contribution in [-0.2, 0) is 14.8 Å². The smallest absolute Gasteiger partial charge is 0.270 e. The van der Waals surface area contributed by atoms with Gasteiger partial charge in [0.2, 0.25) is 10.0 Å². The van der Waals surface area contributed by atoms with Gasteiger partial charge < -0.3 is 4.74 Å². The fraction of sp³-hybridized carbons (Fsp3) is 0.500. The van der Waals surface area contributed by atoms with Crippen LogP contribution in [0, 0.1) is 10.1 Å². The van der Waals surface area contributed by atoms with Gasteiger partial charge in [-0.25, -0.2) is 13.1 Å². The Morgan fingerprint density at radius 2 is 2.00 bits per heavy atom. The number of rotatable bonds is 6. The Bertz CT molecular complexity index is 605. The van der Waals surface area contributed by atoms with Crippen molar-refractivity contribution in [2.75, 3.05) is 39.4 Å². The van der Waals surface area contributed by atoms with E-state index in [1.165, 1.54) is 18.2 Å². The third-order valence-electron chi connectivity index (χ3n) is 3.16. The average Bonchev–Trinajstić information content (AvgIpc) is 2.48. The van der Waals surface area contributed by atoms with Crippen LogP contribution in [0.4, 0.5) is 5.69 Å². The summed E-state index contributed by atoms with van der Waals surface area (Å²) in [4.78, 5) is 12.1. The van der Waals surface area contributed by atoms with Crippen LogP contribution in [0.2, 0.25) is 0 Å². The average molecular weight is 352 g/mol. The lowest BCUT2D eigenvalue weighted by atomic mass is 10.3. The summed E-state index contributed by atoms with van der Waals surface area (Å²) >= 11 is 0. The molecule has 1 N–H and O–H groups in total. The zero-order valence-electron chi connectivity index (χ0n) is 11.8. The summed E-state index contributed by atoms with van der Waals surface area (Å²) in [5, 5.41) is 10.7. The molecule has 0 spiro atoms. The molecule has 1 aromatic rings. The second-order valence-electron chi connectivity index (χ2n) is 4.61. The van der Waals surface area contributed by atoms with Crippen molar-refractivity contribution in [3.05, 3.63) is 34.4 Å². The van der Waals surface area contributed by atoms with Crippen LogP contribution in [0.3, 0.4) is 0 Å². The van der Waals surface area contributed by atoms with Crippen LogP contribution < -0.4 is 4.72 Å². The normalized spacial score (nSPS) is 16.0. The van der Waals surface area contributed by atoms with Crippen molar-refractivity contribution in [1.29, 1.82) is 0 Å². The van der Waals surface area contributed by atoms with E-state index in [2.05, 4.69) is 9.62 Å². The number of nitro groups is 1. The fourth-order valence-corrected chi connectivity index (χ4v) is 3.07. The van der Waals surface area contributed by atoms with Crippen LogP contribution >= 0.6 is 12.4 Å². The number of nitro benzene ring substituents is 1. The third kappa shape index (κ3) is 5.18. The molecule has 1 aliphatic rings. The highest BCUT2D eigenvalue weighted by atomic mass is 35.5. The van der Waals surface area contributed by atoms with Crippen molar-refractivity contribution in [2.45, 2.75) is 4.90 Å². The van der Waals surface area contributed by atoms with Crippen molar-refractivity contribution in [3.63, 3.8) is 0 Å². The summed E-state index contributed by atoms with van der Waals surface area (Å²) in [6.07, 6.45) is 0. The first-order valence-corrected chi connectivity index (χ1v) is 8.01. The first-order valence-electron chi connectivity index (χ1n) is 6.53. The van der Waals surface area contributed by atoms with E-state index >= 15 is 0 Å². The van der Waals surface area contributed by atoms with E-state index in [0.717, 1.165) is 19.2 Å². The second-order valence-corrected chi connectivity index (χ2v) is 6.37. The molecule has 1 saturated heterocycles. The van der Waals surface area contributed by atoms with Gasteiger partial charge in [0.1, 0.15) is 0 Å². The Morgan fingerprint density at radius 3 is 2.64 bits per heavy atom. The molecule has 1 aliphatic heterocycles.